The lowest BCUT2D eigenvalue weighted by Gasteiger charge is -2.63. The van der Waals surface area contributed by atoms with Gasteiger partial charge in [-0.2, -0.15) is 0 Å². The first-order valence-electron chi connectivity index (χ1n) is 13.6. The Bertz CT molecular complexity index is 778. The van der Waals surface area contributed by atoms with E-state index in [1.807, 2.05) is 0 Å². The van der Waals surface area contributed by atoms with Gasteiger partial charge < -0.3 is 20.6 Å². The van der Waals surface area contributed by atoms with E-state index >= 15 is 0 Å². The molecule has 0 aromatic rings. The fourth-order valence-corrected chi connectivity index (χ4v) is 9.50. The number of hydrogen-bond donors (Lipinski definition) is 4. The Kier molecular flexibility index (Phi) is 7.89. The third kappa shape index (κ3) is 4.64. The minimum atomic E-state index is -0.900. The number of aliphatic hydroxyl groups excluding tert-OH is 3. The highest BCUT2D eigenvalue weighted by Gasteiger charge is 2.65. The Morgan fingerprint density at radius 2 is 1.82 bits per heavy atom. The van der Waals surface area contributed by atoms with Gasteiger partial charge in [-0.3, -0.25) is 9.00 Å². The summed E-state index contributed by atoms with van der Waals surface area (Å²) in [6, 6.07) is 0. The van der Waals surface area contributed by atoms with E-state index in [1.54, 1.807) is 6.26 Å². The van der Waals surface area contributed by atoms with E-state index in [-0.39, 0.29) is 34.9 Å². The van der Waals surface area contributed by atoms with Crippen molar-refractivity contribution in [2.75, 3.05) is 18.6 Å². The van der Waals surface area contributed by atoms with Crippen LogP contribution in [0, 0.1) is 46.3 Å². The normalized spacial score (nSPS) is 47.7. The maximum absolute atomic E-state index is 12.3. The van der Waals surface area contributed by atoms with Crippen LogP contribution in [0.3, 0.4) is 0 Å². The van der Waals surface area contributed by atoms with E-state index in [9.17, 15) is 24.3 Å². The maximum atomic E-state index is 12.3. The van der Waals surface area contributed by atoms with Crippen molar-refractivity contribution in [2.24, 2.45) is 46.3 Å². The predicted octanol–water partition coefficient (Wildman–Crippen LogP) is 2.86. The Morgan fingerprint density at radius 1 is 1.09 bits per heavy atom. The van der Waals surface area contributed by atoms with Gasteiger partial charge in [0.1, 0.15) is 0 Å². The molecule has 0 aromatic heterocycles. The van der Waals surface area contributed by atoms with Crippen LogP contribution in [-0.2, 0) is 15.6 Å². The molecule has 4 aliphatic carbocycles. The predicted molar refractivity (Wildman–Crippen MR) is 134 cm³/mol. The number of carbonyl (C=O) groups excluding carboxylic acids is 1. The zero-order valence-electron chi connectivity index (χ0n) is 21.5. The van der Waals surface area contributed by atoms with Gasteiger partial charge in [0, 0.05) is 35.8 Å². The van der Waals surface area contributed by atoms with Crippen molar-refractivity contribution in [3.05, 3.63) is 0 Å². The molecule has 34 heavy (non-hydrogen) atoms. The summed E-state index contributed by atoms with van der Waals surface area (Å²) in [5, 5.41) is 36.2. The average molecular weight is 498 g/mol. The monoisotopic (exact) mass is 497 g/mol. The molecule has 4 rings (SSSR count). The Morgan fingerprint density at radius 3 is 2.53 bits per heavy atom. The highest BCUT2D eigenvalue weighted by Crippen LogP contribution is 2.68. The summed E-state index contributed by atoms with van der Waals surface area (Å²) >= 11 is 0. The molecule has 1 unspecified atom stereocenters. The van der Waals surface area contributed by atoms with E-state index in [0.717, 1.165) is 51.4 Å². The molecule has 0 bridgehead atoms. The van der Waals surface area contributed by atoms with E-state index < -0.39 is 16.9 Å². The molecule has 0 aliphatic heterocycles. The summed E-state index contributed by atoms with van der Waals surface area (Å²) in [5.74, 6) is 2.34. The van der Waals surface area contributed by atoms with Crippen LogP contribution < -0.4 is 5.32 Å². The summed E-state index contributed by atoms with van der Waals surface area (Å²) in [6.45, 7) is 7.30. The van der Waals surface area contributed by atoms with Crippen molar-refractivity contribution in [2.45, 2.75) is 96.9 Å². The first kappa shape index (κ1) is 26.6. The van der Waals surface area contributed by atoms with Crippen molar-refractivity contribution < 1.29 is 24.3 Å². The second-order valence-electron chi connectivity index (χ2n) is 12.7. The molecule has 4 aliphatic rings. The third-order valence-electron chi connectivity index (χ3n) is 11.1. The van der Waals surface area contributed by atoms with E-state index in [0.29, 0.717) is 48.3 Å². The molecule has 7 heteroatoms. The number of aliphatic hydroxyl groups is 3. The quantitative estimate of drug-likeness (QED) is 0.433. The number of amides is 1. The molecule has 4 saturated carbocycles. The molecule has 196 valence electrons. The lowest BCUT2D eigenvalue weighted by Crippen LogP contribution is -2.62. The minimum Gasteiger partial charge on any atom is -0.393 e. The smallest absolute Gasteiger partial charge is 0.220 e. The van der Waals surface area contributed by atoms with Crippen molar-refractivity contribution >= 4 is 16.7 Å². The number of hydrogen-bond acceptors (Lipinski definition) is 5. The number of fused-ring (bicyclic) bond motifs is 5. The topological polar surface area (TPSA) is 107 Å². The molecule has 6 nitrogen and oxygen atoms in total. The lowest BCUT2D eigenvalue weighted by molar-refractivity contribution is -0.207. The molecular formula is C27H47NO5S. The molecule has 0 heterocycles. The fraction of sp³-hybridized carbons (Fsp3) is 0.963. The molecule has 0 saturated heterocycles. The molecule has 4 N–H and O–H groups in total. The van der Waals surface area contributed by atoms with Gasteiger partial charge in [0.15, 0.2) is 0 Å². The van der Waals surface area contributed by atoms with E-state index in [2.05, 4.69) is 26.1 Å². The van der Waals surface area contributed by atoms with Crippen LogP contribution >= 0.6 is 0 Å². The van der Waals surface area contributed by atoms with Gasteiger partial charge >= 0.3 is 0 Å². The van der Waals surface area contributed by atoms with Crippen LogP contribution in [0.4, 0.5) is 0 Å². The Labute approximate surface area is 208 Å². The minimum absolute atomic E-state index is 0.0161. The maximum Gasteiger partial charge on any atom is 0.220 e. The zero-order chi connectivity index (χ0) is 24.8. The Hall–Kier alpha value is -0.500. The van der Waals surface area contributed by atoms with Gasteiger partial charge in [0.25, 0.3) is 0 Å². The van der Waals surface area contributed by atoms with E-state index in [1.165, 1.54) is 0 Å². The summed E-state index contributed by atoms with van der Waals surface area (Å²) in [7, 11) is -0.900. The summed E-state index contributed by atoms with van der Waals surface area (Å²) in [5.41, 5.74) is -0.135. The highest BCUT2D eigenvalue weighted by atomic mass is 32.2. The van der Waals surface area contributed by atoms with Gasteiger partial charge in [0.2, 0.25) is 5.91 Å². The summed E-state index contributed by atoms with van der Waals surface area (Å²) in [4.78, 5) is 12.3. The van der Waals surface area contributed by atoms with Crippen molar-refractivity contribution in [1.29, 1.82) is 0 Å². The standard InChI is InChI=1S/C27H47NO5S/c1-16(5-8-24(32)28-11-12-34(4)33)19-6-7-20-25-21(15-23(31)27(19,20)3)26(2)10-9-18(29)13-17(26)14-22(25)30/h16-23,25,29-31H,5-15H2,1-4H3,(H,28,32)/t16-,17+,18-,19-,20+,21+,22-,23+,25+,26+,27-,34?/m1/s1. The SMILES string of the molecule is C[C@H](CCC(=O)NCCS(C)=O)[C@H]1CC[C@H]2[C@@H]3[C@H](O)C[C@@H]4C[C@H](O)CC[C@]4(C)[C@H]3C[C@H](O)[C@]12C. The fourth-order valence-electron chi connectivity index (χ4n) is 9.11. The van der Waals surface area contributed by atoms with Crippen LogP contribution in [0.1, 0.15) is 78.6 Å². The molecule has 1 amide bonds. The molecular weight excluding hydrogens is 450 g/mol. The molecule has 0 radical (unpaired) electrons. The van der Waals surface area contributed by atoms with E-state index in [4.69, 9.17) is 0 Å². The molecule has 0 spiro atoms. The van der Waals surface area contributed by atoms with Crippen LogP contribution in [0.15, 0.2) is 0 Å². The molecule has 0 aromatic carbocycles. The highest BCUT2D eigenvalue weighted by molar-refractivity contribution is 7.84. The van der Waals surface area contributed by atoms with Crippen LogP contribution in [-0.4, -0.2) is 62.3 Å². The van der Waals surface area contributed by atoms with Crippen molar-refractivity contribution in [3.63, 3.8) is 0 Å². The summed E-state index contributed by atoms with van der Waals surface area (Å²) in [6.07, 6.45) is 8.11. The van der Waals surface area contributed by atoms with Crippen LogP contribution in [0.25, 0.3) is 0 Å². The van der Waals surface area contributed by atoms with Gasteiger partial charge in [-0.1, -0.05) is 20.8 Å². The second-order valence-corrected chi connectivity index (χ2v) is 14.2. The number of nitrogens with one attached hydrogen (secondary N) is 1. The average Bonchev–Trinajstić information content (AvgIpc) is 3.12. The largest absolute Gasteiger partial charge is 0.393 e. The van der Waals surface area contributed by atoms with Crippen molar-refractivity contribution in [3.8, 4) is 0 Å². The first-order chi connectivity index (χ1) is 16.0. The van der Waals surface area contributed by atoms with Crippen molar-refractivity contribution in [1.82, 2.24) is 5.32 Å². The zero-order valence-corrected chi connectivity index (χ0v) is 22.4. The van der Waals surface area contributed by atoms with Gasteiger partial charge in [-0.05, 0) is 97.7 Å². The second kappa shape index (κ2) is 10.1. The lowest BCUT2D eigenvalue weighted by atomic mass is 9.43. The summed E-state index contributed by atoms with van der Waals surface area (Å²) < 4.78 is 11.2. The Balaban J connectivity index is 1.45. The molecule has 4 fully saturated rings. The van der Waals surface area contributed by atoms with Crippen LogP contribution in [0.5, 0.6) is 0 Å². The first-order valence-corrected chi connectivity index (χ1v) is 15.3. The van der Waals surface area contributed by atoms with Gasteiger partial charge in [-0.15, -0.1) is 0 Å². The third-order valence-corrected chi connectivity index (χ3v) is 11.8. The van der Waals surface area contributed by atoms with Gasteiger partial charge in [-0.25, -0.2) is 0 Å². The number of carbonyl (C=O) groups is 1. The number of rotatable bonds is 7. The van der Waals surface area contributed by atoms with Crippen LogP contribution in [0.2, 0.25) is 0 Å². The molecule has 12 atom stereocenters. The van der Waals surface area contributed by atoms with Gasteiger partial charge in [0.05, 0.1) is 18.3 Å².